The van der Waals surface area contributed by atoms with Crippen LogP contribution in [0.1, 0.15) is 23.5 Å². The van der Waals surface area contributed by atoms with Crippen LogP contribution in [0.2, 0.25) is 0 Å². The molecule has 0 amide bonds. The molecule has 2 heterocycles. The Morgan fingerprint density at radius 3 is 2.65 bits per heavy atom. The van der Waals surface area contributed by atoms with Crippen LogP contribution in [-0.4, -0.2) is 25.0 Å². The third-order valence-corrected chi connectivity index (χ3v) is 4.77. The lowest BCUT2D eigenvalue weighted by molar-refractivity contribution is 0.00703. The lowest BCUT2D eigenvalue weighted by Gasteiger charge is -2.42. The van der Waals surface area contributed by atoms with Gasteiger partial charge in [-0.1, -0.05) is 48.5 Å². The van der Waals surface area contributed by atoms with E-state index in [1.54, 1.807) is 0 Å². The van der Waals surface area contributed by atoms with Crippen LogP contribution in [0.3, 0.4) is 0 Å². The van der Waals surface area contributed by atoms with E-state index in [1.807, 2.05) is 0 Å². The fourth-order valence-electron chi connectivity index (χ4n) is 3.74. The Morgan fingerprint density at radius 1 is 1.05 bits per heavy atom. The van der Waals surface area contributed by atoms with Gasteiger partial charge in [-0.05, 0) is 18.7 Å². The first-order chi connectivity index (χ1) is 9.79. The van der Waals surface area contributed by atoms with Gasteiger partial charge in [-0.3, -0.25) is 0 Å². The summed E-state index contributed by atoms with van der Waals surface area (Å²) < 4.78 is 6.51. The van der Waals surface area contributed by atoms with Crippen LogP contribution < -0.4 is 4.74 Å². The second kappa shape index (κ2) is 4.35. The van der Waals surface area contributed by atoms with Gasteiger partial charge >= 0.3 is 0 Å². The van der Waals surface area contributed by atoms with Crippen molar-refractivity contribution in [2.24, 2.45) is 0 Å². The number of ether oxygens (including phenoxy) is 1. The molecule has 1 fully saturated rings. The molecule has 102 valence electrons. The number of likely N-dealkylation sites (N-methyl/N-ethyl adjacent to an activating group) is 1. The number of fused-ring (bicyclic) bond motifs is 3. The number of rotatable bonds is 1. The number of piperidine rings is 1. The molecule has 2 aliphatic rings. The molecular formula is C18H19NO. The van der Waals surface area contributed by atoms with E-state index >= 15 is 0 Å². The molecule has 0 aromatic heterocycles. The maximum Gasteiger partial charge on any atom is 0.143 e. The van der Waals surface area contributed by atoms with Gasteiger partial charge in [-0.15, -0.1) is 0 Å². The van der Waals surface area contributed by atoms with Gasteiger partial charge in [0, 0.05) is 31.0 Å². The van der Waals surface area contributed by atoms with Crippen LogP contribution >= 0.6 is 0 Å². The third kappa shape index (κ3) is 1.61. The van der Waals surface area contributed by atoms with Gasteiger partial charge in [0.15, 0.2) is 0 Å². The van der Waals surface area contributed by atoms with Crippen LogP contribution in [0.25, 0.3) is 0 Å². The van der Waals surface area contributed by atoms with Crippen LogP contribution in [0.5, 0.6) is 5.75 Å². The molecule has 20 heavy (non-hydrogen) atoms. The van der Waals surface area contributed by atoms with Crippen LogP contribution in [0, 0.1) is 0 Å². The summed E-state index contributed by atoms with van der Waals surface area (Å²) in [6.45, 7) is 2.14. The molecule has 0 radical (unpaired) electrons. The molecule has 0 saturated carbocycles. The molecule has 2 aliphatic heterocycles. The number of hydrogen-bond donors (Lipinski definition) is 0. The first kappa shape index (κ1) is 12.0. The summed E-state index contributed by atoms with van der Waals surface area (Å²) in [6.07, 6.45) is 1.05. The summed E-state index contributed by atoms with van der Waals surface area (Å²) in [5.41, 5.74) is 2.51. The van der Waals surface area contributed by atoms with E-state index in [0.717, 1.165) is 25.3 Å². The normalized spacial score (nSPS) is 28.6. The molecule has 0 unspecified atom stereocenters. The van der Waals surface area contributed by atoms with E-state index in [1.165, 1.54) is 11.1 Å². The van der Waals surface area contributed by atoms with Gasteiger partial charge in [-0.25, -0.2) is 0 Å². The van der Waals surface area contributed by atoms with Gasteiger partial charge in [0.2, 0.25) is 0 Å². The highest BCUT2D eigenvalue weighted by Crippen LogP contribution is 2.53. The summed E-state index contributed by atoms with van der Waals surface area (Å²) in [5.74, 6) is 1.50. The van der Waals surface area contributed by atoms with E-state index in [0.29, 0.717) is 5.92 Å². The van der Waals surface area contributed by atoms with E-state index in [2.05, 4.69) is 66.5 Å². The molecular weight excluding hydrogens is 246 g/mol. The van der Waals surface area contributed by atoms with E-state index in [4.69, 9.17) is 4.74 Å². The van der Waals surface area contributed by atoms with Crippen LogP contribution in [0.4, 0.5) is 0 Å². The molecule has 2 aromatic carbocycles. The monoisotopic (exact) mass is 265 g/mol. The zero-order valence-corrected chi connectivity index (χ0v) is 11.8. The van der Waals surface area contributed by atoms with Gasteiger partial charge in [0.05, 0.1) is 0 Å². The first-order valence-electron chi connectivity index (χ1n) is 7.32. The van der Waals surface area contributed by atoms with Crippen LogP contribution in [-0.2, 0) is 5.60 Å². The van der Waals surface area contributed by atoms with Gasteiger partial charge in [-0.2, -0.15) is 0 Å². The van der Waals surface area contributed by atoms with Gasteiger partial charge < -0.3 is 9.64 Å². The van der Waals surface area contributed by atoms with Crippen molar-refractivity contribution in [3.8, 4) is 5.75 Å². The lowest BCUT2D eigenvalue weighted by atomic mass is 9.74. The lowest BCUT2D eigenvalue weighted by Crippen LogP contribution is -2.47. The molecule has 0 bridgehead atoms. The highest BCUT2D eigenvalue weighted by atomic mass is 16.5. The second-order valence-electron chi connectivity index (χ2n) is 5.96. The predicted octanol–water partition coefficient (Wildman–Crippen LogP) is 3.39. The zero-order valence-electron chi connectivity index (χ0n) is 11.8. The molecule has 2 nitrogen and oxygen atoms in total. The Hall–Kier alpha value is -1.80. The van der Waals surface area contributed by atoms with Crippen molar-refractivity contribution < 1.29 is 4.74 Å². The smallest absolute Gasteiger partial charge is 0.143 e. The first-order valence-corrected chi connectivity index (χ1v) is 7.32. The minimum absolute atomic E-state index is 0.169. The second-order valence-corrected chi connectivity index (χ2v) is 5.96. The maximum atomic E-state index is 6.51. The highest BCUT2D eigenvalue weighted by Gasteiger charge is 2.51. The topological polar surface area (TPSA) is 12.5 Å². The minimum Gasteiger partial charge on any atom is -0.482 e. The quantitative estimate of drug-likeness (QED) is 0.783. The van der Waals surface area contributed by atoms with Crippen molar-refractivity contribution in [3.05, 3.63) is 65.7 Å². The molecule has 4 rings (SSSR count). The van der Waals surface area contributed by atoms with Crippen molar-refractivity contribution in [1.82, 2.24) is 4.90 Å². The average Bonchev–Trinajstić information content (AvgIpc) is 2.83. The van der Waals surface area contributed by atoms with Gasteiger partial charge in [0.1, 0.15) is 11.4 Å². The summed E-state index contributed by atoms with van der Waals surface area (Å²) >= 11 is 0. The summed E-state index contributed by atoms with van der Waals surface area (Å²) in [5, 5.41) is 0. The fourth-order valence-corrected chi connectivity index (χ4v) is 3.74. The van der Waals surface area contributed by atoms with Crippen molar-refractivity contribution in [1.29, 1.82) is 0 Å². The Bertz CT molecular complexity index is 624. The fraction of sp³-hybridized carbons (Fsp3) is 0.333. The largest absolute Gasteiger partial charge is 0.482 e. The SMILES string of the molecule is CN1CC[C@]2(c3ccccc3)Oc3ccccc3[C@@H]2C1. The molecule has 0 N–H and O–H groups in total. The molecule has 2 heteroatoms. The number of nitrogens with zero attached hydrogens (tertiary/aromatic N) is 1. The summed E-state index contributed by atoms with van der Waals surface area (Å²) in [4.78, 5) is 2.41. The van der Waals surface area contributed by atoms with E-state index in [9.17, 15) is 0 Å². The number of benzene rings is 2. The Labute approximate surface area is 120 Å². The molecule has 0 spiro atoms. The number of para-hydroxylation sites is 1. The zero-order chi connectivity index (χ0) is 13.6. The number of likely N-dealkylation sites (tertiary alicyclic amines) is 1. The van der Waals surface area contributed by atoms with Crippen molar-refractivity contribution in [3.63, 3.8) is 0 Å². The molecule has 2 atom stereocenters. The summed E-state index contributed by atoms with van der Waals surface area (Å²) in [7, 11) is 2.20. The Balaban J connectivity index is 1.86. The van der Waals surface area contributed by atoms with Crippen molar-refractivity contribution >= 4 is 0 Å². The summed E-state index contributed by atoms with van der Waals surface area (Å²) in [6, 6.07) is 19.3. The highest BCUT2D eigenvalue weighted by molar-refractivity contribution is 5.47. The van der Waals surface area contributed by atoms with Crippen molar-refractivity contribution in [2.45, 2.75) is 17.9 Å². The average molecular weight is 265 g/mol. The minimum atomic E-state index is -0.169. The Kier molecular flexibility index (Phi) is 2.61. The van der Waals surface area contributed by atoms with E-state index in [-0.39, 0.29) is 5.60 Å². The molecule has 2 aromatic rings. The number of hydrogen-bond acceptors (Lipinski definition) is 2. The standard InChI is InChI=1S/C18H19NO/c1-19-12-11-18(14-7-3-2-4-8-14)16(13-19)15-9-5-6-10-17(15)20-18/h2-10,16H,11-13H2,1H3/t16-,18+/m0/s1. The molecule has 1 saturated heterocycles. The maximum absolute atomic E-state index is 6.51. The predicted molar refractivity (Wildman–Crippen MR) is 80.0 cm³/mol. The van der Waals surface area contributed by atoms with E-state index < -0.39 is 0 Å². The van der Waals surface area contributed by atoms with Crippen LogP contribution in [0.15, 0.2) is 54.6 Å². The molecule has 0 aliphatic carbocycles. The van der Waals surface area contributed by atoms with Crippen molar-refractivity contribution in [2.75, 3.05) is 20.1 Å². The third-order valence-electron chi connectivity index (χ3n) is 4.77. The Morgan fingerprint density at radius 2 is 1.80 bits per heavy atom. The van der Waals surface area contributed by atoms with Gasteiger partial charge in [0.25, 0.3) is 0 Å².